The molecule has 0 radical (unpaired) electrons. The second-order valence-corrected chi connectivity index (χ2v) is 17.7. The van der Waals surface area contributed by atoms with Gasteiger partial charge in [0, 0.05) is 48.8 Å². The average molecular weight is 910 g/mol. The molecule has 7 atom stereocenters. The predicted octanol–water partition coefficient (Wildman–Crippen LogP) is 3.98. The Morgan fingerprint density at radius 3 is 1.75 bits per heavy atom. The van der Waals surface area contributed by atoms with Gasteiger partial charge in [0.1, 0.15) is 47.9 Å². The number of nitrogens with zero attached hydrogens (tertiary/aromatic N) is 3. The molecule has 0 amide bonds. The van der Waals surface area contributed by atoms with E-state index in [1.165, 1.54) is 53.0 Å². The standard InChI is InChI=1S/C46H48N5O13P/c1-28-24-50(44(55)48-42(28)53)40-22-36(52)38(62-40)27-61-65(57,35-18-20-47-21-19-35)64-37-23-41(51-25-29(2)43(54)49-45(51)56)63-39(37)26-60-46(30-8-6-5-7-9-30,31-10-14-33(58-3)15-11-31)32-12-16-34(59-4)17-13-32/h5-21,24-25,36-41,52H,22-23,26-27H2,1-4H3,(H,48,53,55)(H,49,54,56)/t36-,37-,38+,39+,40+,41+,65?/m0/s1. The summed E-state index contributed by atoms with van der Waals surface area (Å²) in [7, 11) is -1.26. The molecule has 1 unspecified atom stereocenters. The first-order valence-electron chi connectivity index (χ1n) is 20.8. The smallest absolute Gasteiger partial charge is 0.361 e. The van der Waals surface area contributed by atoms with Gasteiger partial charge in [-0.3, -0.25) is 42.8 Å². The van der Waals surface area contributed by atoms with Gasteiger partial charge in [0.05, 0.1) is 38.8 Å². The van der Waals surface area contributed by atoms with Crippen LogP contribution in [0, 0.1) is 13.8 Å². The van der Waals surface area contributed by atoms with E-state index in [0.29, 0.717) is 11.5 Å². The summed E-state index contributed by atoms with van der Waals surface area (Å²) in [6.45, 7) is 2.44. The number of benzene rings is 3. The Morgan fingerprint density at radius 1 is 0.708 bits per heavy atom. The maximum Gasteiger partial charge on any atom is 0.361 e. The molecule has 2 aliphatic rings. The summed E-state index contributed by atoms with van der Waals surface area (Å²) in [6.07, 6.45) is -0.878. The van der Waals surface area contributed by atoms with E-state index in [4.69, 9.17) is 32.7 Å². The first-order chi connectivity index (χ1) is 31.3. The zero-order chi connectivity index (χ0) is 45.9. The average Bonchev–Trinajstić information content (AvgIpc) is 3.90. The summed E-state index contributed by atoms with van der Waals surface area (Å²) in [5.41, 5.74) is -1.12. The van der Waals surface area contributed by atoms with E-state index in [1.54, 1.807) is 21.1 Å². The third kappa shape index (κ3) is 9.33. The summed E-state index contributed by atoms with van der Waals surface area (Å²) in [5, 5.41) is 11.2. The van der Waals surface area contributed by atoms with Crippen LogP contribution in [0.4, 0.5) is 0 Å². The lowest BCUT2D eigenvalue weighted by molar-refractivity contribution is -0.0931. The van der Waals surface area contributed by atoms with Gasteiger partial charge in [-0.1, -0.05) is 54.6 Å². The highest BCUT2D eigenvalue weighted by Crippen LogP contribution is 2.52. The SMILES string of the molecule is COc1ccc(C(OC[C@H]2O[C@@H](n3cc(C)c(=O)[nH]c3=O)C[C@@H]2OP(=O)(OC[C@H]2O[C@@H](n3cc(C)c(=O)[nH]c3=O)C[C@@H]2O)c2ccncc2)(c2ccccc2)c2ccc(OC)cc2)cc1. The zero-order valence-corrected chi connectivity index (χ0v) is 36.8. The molecule has 2 fully saturated rings. The maximum absolute atomic E-state index is 15.3. The van der Waals surface area contributed by atoms with E-state index in [0.717, 1.165) is 16.7 Å². The van der Waals surface area contributed by atoms with Crippen LogP contribution >= 0.6 is 7.60 Å². The van der Waals surface area contributed by atoms with Crippen molar-refractivity contribution in [2.75, 3.05) is 27.4 Å². The zero-order valence-electron chi connectivity index (χ0n) is 35.9. The molecule has 19 heteroatoms. The largest absolute Gasteiger partial charge is 0.497 e. The number of aromatic nitrogens is 5. The fourth-order valence-electron chi connectivity index (χ4n) is 8.09. The first-order valence-corrected chi connectivity index (χ1v) is 22.3. The number of aliphatic hydroxyl groups excluding tert-OH is 1. The minimum atomic E-state index is -4.41. The molecule has 18 nitrogen and oxygen atoms in total. The Labute approximate surface area is 371 Å². The van der Waals surface area contributed by atoms with Crippen LogP contribution in [0.1, 0.15) is 53.1 Å². The van der Waals surface area contributed by atoms with Gasteiger partial charge in [0.15, 0.2) is 0 Å². The summed E-state index contributed by atoms with van der Waals surface area (Å²) in [5.74, 6) is 1.25. The van der Waals surface area contributed by atoms with Crippen LogP contribution in [0.3, 0.4) is 0 Å². The monoisotopic (exact) mass is 909 g/mol. The van der Waals surface area contributed by atoms with Gasteiger partial charge in [-0.25, -0.2) is 9.59 Å². The molecule has 0 aliphatic carbocycles. The number of nitrogens with one attached hydrogen (secondary N) is 2. The number of methoxy groups -OCH3 is 2. The molecule has 2 saturated heterocycles. The number of aromatic amines is 2. The third-order valence-electron chi connectivity index (χ3n) is 11.6. The van der Waals surface area contributed by atoms with Crippen molar-refractivity contribution in [1.29, 1.82) is 0 Å². The summed E-state index contributed by atoms with van der Waals surface area (Å²) in [6, 6.07) is 27.4. The van der Waals surface area contributed by atoms with E-state index in [-0.39, 0.29) is 35.9 Å². The van der Waals surface area contributed by atoms with E-state index < -0.39 is 79.2 Å². The molecule has 65 heavy (non-hydrogen) atoms. The topological polar surface area (TPSA) is 225 Å². The fourth-order valence-corrected chi connectivity index (χ4v) is 9.84. The van der Waals surface area contributed by atoms with Crippen molar-refractivity contribution in [3.8, 4) is 11.5 Å². The van der Waals surface area contributed by atoms with Crippen molar-refractivity contribution in [1.82, 2.24) is 24.1 Å². The molecule has 8 rings (SSSR count). The highest BCUT2D eigenvalue weighted by Gasteiger charge is 2.47. The van der Waals surface area contributed by atoms with Crippen LogP contribution in [0.2, 0.25) is 0 Å². The number of hydrogen-bond donors (Lipinski definition) is 3. The number of aryl methyl sites for hydroxylation is 2. The highest BCUT2D eigenvalue weighted by atomic mass is 31.2. The molecule has 2 aliphatic heterocycles. The Hall–Kier alpha value is -6.24. The molecule has 3 aromatic carbocycles. The number of ether oxygens (including phenoxy) is 5. The number of hydrogen-bond acceptors (Lipinski definition) is 14. The molecule has 5 heterocycles. The maximum atomic E-state index is 15.3. The highest BCUT2D eigenvalue weighted by molar-refractivity contribution is 7.62. The minimum Gasteiger partial charge on any atom is -0.497 e. The van der Waals surface area contributed by atoms with Gasteiger partial charge in [-0.05, 0) is 66.9 Å². The van der Waals surface area contributed by atoms with Gasteiger partial charge in [-0.2, -0.15) is 0 Å². The minimum absolute atomic E-state index is 0.0315. The van der Waals surface area contributed by atoms with E-state index in [1.807, 2.05) is 78.9 Å². The van der Waals surface area contributed by atoms with Gasteiger partial charge in [0.2, 0.25) is 0 Å². The second kappa shape index (κ2) is 19.1. The van der Waals surface area contributed by atoms with Gasteiger partial charge >= 0.3 is 19.0 Å². The lowest BCUT2D eigenvalue weighted by Gasteiger charge is -2.37. The van der Waals surface area contributed by atoms with Crippen LogP contribution in [-0.4, -0.2) is 81.0 Å². The van der Waals surface area contributed by atoms with Crippen molar-refractivity contribution in [3.05, 3.63) is 185 Å². The molecule has 0 bridgehead atoms. The molecular formula is C46H48N5O13P. The van der Waals surface area contributed by atoms with Crippen molar-refractivity contribution < 1.29 is 42.4 Å². The van der Waals surface area contributed by atoms with E-state index >= 15 is 4.57 Å². The third-order valence-corrected chi connectivity index (χ3v) is 13.6. The van der Waals surface area contributed by atoms with Gasteiger partial charge in [0.25, 0.3) is 11.1 Å². The van der Waals surface area contributed by atoms with Crippen LogP contribution in [0.25, 0.3) is 0 Å². The van der Waals surface area contributed by atoms with Crippen LogP contribution < -0.4 is 37.3 Å². The Balaban J connectivity index is 1.16. The Morgan fingerprint density at radius 2 is 1.22 bits per heavy atom. The molecule has 6 aromatic rings. The Kier molecular flexibility index (Phi) is 13.3. The molecule has 3 aromatic heterocycles. The van der Waals surface area contributed by atoms with Crippen LogP contribution in [-0.2, 0) is 33.4 Å². The fraction of sp³-hybridized carbons (Fsp3) is 0.326. The van der Waals surface area contributed by atoms with Crippen molar-refractivity contribution in [2.24, 2.45) is 0 Å². The summed E-state index contributed by atoms with van der Waals surface area (Å²) in [4.78, 5) is 59.1. The molecular weight excluding hydrogens is 862 g/mol. The van der Waals surface area contributed by atoms with E-state index in [2.05, 4.69) is 15.0 Å². The molecule has 0 saturated carbocycles. The first kappa shape index (κ1) is 45.3. The second-order valence-electron chi connectivity index (χ2n) is 15.7. The molecule has 0 spiro atoms. The normalized spacial score (nSPS) is 21.8. The predicted molar refractivity (Wildman–Crippen MR) is 236 cm³/mol. The van der Waals surface area contributed by atoms with Gasteiger partial charge < -0.3 is 33.3 Å². The van der Waals surface area contributed by atoms with Crippen molar-refractivity contribution in [2.45, 2.75) is 69.2 Å². The summed E-state index contributed by atoms with van der Waals surface area (Å²) >= 11 is 0. The summed E-state index contributed by atoms with van der Waals surface area (Å²) < 4.78 is 61.4. The lowest BCUT2D eigenvalue weighted by atomic mass is 9.80. The quantitative estimate of drug-likeness (QED) is 0.0924. The number of aliphatic hydroxyl groups is 1. The number of pyridine rings is 1. The molecule has 340 valence electrons. The Bertz CT molecular complexity index is 2840. The number of rotatable bonds is 16. The van der Waals surface area contributed by atoms with Crippen molar-refractivity contribution in [3.63, 3.8) is 0 Å². The van der Waals surface area contributed by atoms with Crippen molar-refractivity contribution >= 4 is 12.9 Å². The van der Waals surface area contributed by atoms with Crippen LogP contribution in [0.15, 0.2) is 135 Å². The lowest BCUT2D eigenvalue weighted by Crippen LogP contribution is -2.39. The van der Waals surface area contributed by atoms with Gasteiger partial charge in [-0.15, -0.1) is 0 Å². The van der Waals surface area contributed by atoms with Crippen LogP contribution in [0.5, 0.6) is 11.5 Å². The molecule has 3 N–H and O–H groups in total. The number of H-pyrrole nitrogens is 2. The van der Waals surface area contributed by atoms with E-state index in [9.17, 15) is 24.3 Å².